The van der Waals surface area contributed by atoms with Crippen LogP contribution < -0.4 is 11.1 Å². The minimum Gasteiger partial charge on any atom is -0.440 e. The molecule has 0 saturated carbocycles. The number of nitrogens with one attached hydrogen (secondary N) is 1. The first kappa shape index (κ1) is 15.2. The van der Waals surface area contributed by atoms with E-state index in [1.54, 1.807) is 13.8 Å². The maximum absolute atomic E-state index is 11.5. The Kier molecular flexibility index (Phi) is 5.33. The number of hydrogen-bond acceptors (Lipinski definition) is 6. The Morgan fingerprint density at radius 3 is 2.89 bits per heavy atom. The molecular weight excluding hydrogens is 240 g/mol. The van der Waals surface area contributed by atoms with E-state index in [1.165, 1.54) is 7.11 Å². The molecule has 1 rings (SSSR count). The van der Waals surface area contributed by atoms with E-state index in [0.717, 1.165) is 0 Å². The Hall–Kier alpha value is -0.890. The Bertz CT molecular complexity index is 289. The fraction of sp³-hybridized carbons (Fsp3) is 0.909. The van der Waals surface area contributed by atoms with Crippen LogP contribution >= 0.6 is 0 Å². The summed E-state index contributed by atoms with van der Waals surface area (Å²) in [7, 11) is 1.51. The number of alkyl carbamates (subject to hydrolysis) is 1. The third-order valence-electron chi connectivity index (χ3n) is 3.09. The Labute approximate surface area is 107 Å². The number of ether oxygens (including phenoxy) is 3. The summed E-state index contributed by atoms with van der Waals surface area (Å²) < 4.78 is 15.9. The van der Waals surface area contributed by atoms with Crippen LogP contribution in [0.15, 0.2) is 0 Å². The van der Waals surface area contributed by atoms with Crippen LogP contribution in [0.2, 0.25) is 0 Å². The number of carbonyl (C=O) groups excluding carboxylic acids is 1. The lowest BCUT2D eigenvalue weighted by Crippen LogP contribution is -2.58. The molecule has 0 spiro atoms. The fourth-order valence-electron chi connectivity index (χ4n) is 2.08. The van der Waals surface area contributed by atoms with Crippen LogP contribution in [0.5, 0.6) is 0 Å². The number of amides is 1. The second-order valence-electron chi connectivity index (χ2n) is 4.56. The van der Waals surface area contributed by atoms with Crippen LogP contribution in [-0.4, -0.2) is 55.5 Å². The number of aliphatic hydroxyl groups is 1. The molecule has 0 aromatic heterocycles. The molecule has 1 aliphatic rings. The number of methoxy groups -OCH3 is 1. The zero-order valence-corrected chi connectivity index (χ0v) is 11.0. The van der Waals surface area contributed by atoms with E-state index in [2.05, 4.69) is 5.32 Å². The molecule has 4 atom stereocenters. The smallest absolute Gasteiger partial charge is 0.407 e. The summed E-state index contributed by atoms with van der Waals surface area (Å²) in [6, 6.07) is 0. The first-order valence-corrected chi connectivity index (χ1v) is 5.96. The highest BCUT2D eigenvalue weighted by Crippen LogP contribution is 2.33. The van der Waals surface area contributed by atoms with Gasteiger partial charge in [-0.2, -0.15) is 0 Å². The van der Waals surface area contributed by atoms with Gasteiger partial charge in [0.05, 0.1) is 6.10 Å². The highest BCUT2D eigenvalue weighted by atomic mass is 16.7. The van der Waals surface area contributed by atoms with E-state index in [9.17, 15) is 9.90 Å². The molecule has 0 radical (unpaired) electrons. The summed E-state index contributed by atoms with van der Waals surface area (Å²) in [5.74, 6) is 0. The summed E-state index contributed by atoms with van der Waals surface area (Å²) in [6.07, 6.45) is -2.30. The third-order valence-corrected chi connectivity index (χ3v) is 3.09. The van der Waals surface area contributed by atoms with E-state index < -0.39 is 30.2 Å². The van der Waals surface area contributed by atoms with Crippen LogP contribution in [0.25, 0.3) is 0 Å². The highest BCUT2D eigenvalue weighted by molar-refractivity contribution is 5.67. The molecular formula is C11H22N2O5. The number of carbonyl (C=O) groups is 1. The molecule has 1 aliphatic heterocycles. The Morgan fingerprint density at radius 1 is 1.67 bits per heavy atom. The van der Waals surface area contributed by atoms with Gasteiger partial charge in [0.25, 0.3) is 0 Å². The summed E-state index contributed by atoms with van der Waals surface area (Å²) >= 11 is 0. The predicted molar refractivity (Wildman–Crippen MR) is 63.9 cm³/mol. The fourth-order valence-corrected chi connectivity index (χ4v) is 2.08. The highest BCUT2D eigenvalue weighted by Gasteiger charge is 2.47. The largest absolute Gasteiger partial charge is 0.440 e. The number of aliphatic hydroxyl groups excluding tert-OH is 1. The predicted octanol–water partition coefficient (Wildman–Crippen LogP) is -0.428. The number of rotatable bonds is 4. The average Bonchev–Trinajstić information content (AvgIpc) is 2.31. The standard InChI is InChI=1S/C11H22N2O5/c1-7-9(18-10(15)13-5-4-12)11(2,16-3)6-8(14)17-7/h7-9,14H,4-6,12H2,1-3H3,(H,13,15)/t7-,8-,9-,11+/m0/s1. The molecule has 18 heavy (non-hydrogen) atoms. The summed E-state index contributed by atoms with van der Waals surface area (Å²) in [4.78, 5) is 11.5. The van der Waals surface area contributed by atoms with Crippen molar-refractivity contribution in [3.63, 3.8) is 0 Å². The molecule has 0 bridgehead atoms. The first-order valence-electron chi connectivity index (χ1n) is 5.96. The zero-order valence-electron chi connectivity index (χ0n) is 11.0. The molecule has 7 heteroatoms. The number of nitrogens with two attached hydrogens (primary N) is 1. The minimum absolute atomic E-state index is 0.239. The van der Waals surface area contributed by atoms with Crippen molar-refractivity contribution in [2.24, 2.45) is 5.73 Å². The Morgan fingerprint density at radius 2 is 2.33 bits per heavy atom. The topological polar surface area (TPSA) is 103 Å². The van der Waals surface area contributed by atoms with Gasteiger partial charge in [-0.05, 0) is 13.8 Å². The van der Waals surface area contributed by atoms with Crippen molar-refractivity contribution in [2.75, 3.05) is 20.2 Å². The summed E-state index contributed by atoms with van der Waals surface area (Å²) in [6.45, 7) is 4.18. The lowest BCUT2D eigenvalue weighted by Gasteiger charge is -2.44. The van der Waals surface area contributed by atoms with E-state index in [1.807, 2.05) is 0 Å². The lowest BCUT2D eigenvalue weighted by atomic mass is 9.88. The maximum Gasteiger partial charge on any atom is 0.407 e. The van der Waals surface area contributed by atoms with E-state index >= 15 is 0 Å². The van der Waals surface area contributed by atoms with Crippen LogP contribution in [0.4, 0.5) is 4.79 Å². The molecule has 7 nitrogen and oxygen atoms in total. The second-order valence-corrected chi connectivity index (χ2v) is 4.56. The molecule has 4 N–H and O–H groups in total. The van der Waals surface area contributed by atoms with Crippen molar-refractivity contribution in [1.29, 1.82) is 0 Å². The minimum atomic E-state index is -0.920. The molecule has 1 fully saturated rings. The van der Waals surface area contributed by atoms with Crippen molar-refractivity contribution >= 4 is 6.09 Å². The third kappa shape index (κ3) is 3.55. The van der Waals surface area contributed by atoms with Gasteiger partial charge in [-0.15, -0.1) is 0 Å². The van der Waals surface area contributed by atoms with Gasteiger partial charge in [0.1, 0.15) is 5.60 Å². The van der Waals surface area contributed by atoms with Crippen molar-refractivity contribution in [2.45, 2.75) is 44.4 Å². The quantitative estimate of drug-likeness (QED) is 0.635. The van der Waals surface area contributed by atoms with Crippen LogP contribution in [0.1, 0.15) is 20.3 Å². The monoisotopic (exact) mass is 262 g/mol. The summed E-state index contributed by atoms with van der Waals surface area (Å²) in [5.41, 5.74) is 4.50. The van der Waals surface area contributed by atoms with Crippen LogP contribution in [-0.2, 0) is 14.2 Å². The molecule has 0 aromatic carbocycles. The van der Waals surface area contributed by atoms with E-state index in [4.69, 9.17) is 19.9 Å². The maximum atomic E-state index is 11.5. The first-order chi connectivity index (χ1) is 8.42. The molecule has 1 saturated heterocycles. The SMILES string of the molecule is CO[C@]1(C)C[C@@H](O)O[C@@H](C)[C@@H]1OC(=O)NCCN. The summed E-state index contributed by atoms with van der Waals surface area (Å²) in [5, 5.41) is 12.1. The van der Waals surface area contributed by atoms with Gasteiger partial charge in [-0.3, -0.25) is 0 Å². The van der Waals surface area contributed by atoms with Crippen molar-refractivity contribution in [3.8, 4) is 0 Å². The number of hydrogen-bond donors (Lipinski definition) is 3. The normalized spacial score (nSPS) is 36.2. The molecule has 1 heterocycles. The van der Waals surface area contributed by atoms with Crippen molar-refractivity contribution in [3.05, 3.63) is 0 Å². The molecule has 106 valence electrons. The second kappa shape index (κ2) is 6.33. The van der Waals surface area contributed by atoms with E-state index in [0.29, 0.717) is 13.1 Å². The van der Waals surface area contributed by atoms with Crippen molar-refractivity contribution in [1.82, 2.24) is 5.32 Å². The molecule has 1 amide bonds. The van der Waals surface area contributed by atoms with Gasteiger partial charge in [0.2, 0.25) is 0 Å². The van der Waals surface area contributed by atoms with E-state index in [-0.39, 0.29) is 6.42 Å². The van der Waals surface area contributed by atoms with Crippen LogP contribution in [0.3, 0.4) is 0 Å². The van der Waals surface area contributed by atoms with Gasteiger partial charge in [0.15, 0.2) is 12.4 Å². The zero-order chi connectivity index (χ0) is 13.8. The lowest BCUT2D eigenvalue weighted by molar-refractivity contribution is -0.262. The Balaban J connectivity index is 2.67. The van der Waals surface area contributed by atoms with Gasteiger partial charge >= 0.3 is 6.09 Å². The van der Waals surface area contributed by atoms with Gasteiger partial charge in [0, 0.05) is 26.6 Å². The van der Waals surface area contributed by atoms with Gasteiger partial charge in [-0.25, -0.2) is 4.79 Å². The average molecular weight is 262 g/mol. The van der Waals surface area contributed by atoms with Crippen molar-refractivity contribution < 1.29 is 24.1 Å². The van der Waals surface area contributed by atoms with Crippen LogP contribution in [0, 0.1) is 0 Å². The van der Waals surface area contributed by atoms with Gasteiger partial charge in [-0.1, -0.05) is 0 Å². The molecule has 0 unspecified atom stereocenters. The molecule has 0 aliphatic carbocycles. The van der Waals surface area contributed by atoms with Gasteiger partial charge < -0.3 is 30.4 Å². The molecule has 0 aromatic rings.